The van der Waals surface area contributed by atoms with Gasteiger partial charge in [-0.2, -0.15) is 11.8 Å². The molecule has 1 saturated heterocycles. The molecular weight excluding hydrogens is 258 g/mol. The molecule has 0 saturated carbocycles. The van der Waals surface area contributed by atoms with Gasteiger partial charge in [-0.25, -0.2) is 0 Å². The molecule has 1 aromatic rings. The fraction of sp³-hybridized carbons (Fsp3) is 0.643. The van der Waals surface area contributed by atoms with Crippen LogP contribution in [0.1, 0.15) is 44.7 Å². The number of hydrazine groups is 1. The molecule has 0 amide bonds. The SMILES string of the molecule is CCCOc1cncc(C(NN)C2(C)CCCS2)c1. The van der Waals surface area contributed by atoms with Gasteiger partial charge >= 0.3 is 0 Å². The Morgan fingerprint density at radius 1 is 1.58 bits per heavy atom. The van der Waals surface area contributed by atoms with Crippen LogP contribution in [0.25, 0.3) is 0 Å². The van der Waals surface area contributed by atoms with Crippen molar-refractivity contribution in [3.05, 3.63) is 24.0 Å². The van der Waals surface area contributed by atoms with Gasteiger partial charge in [0.2, 0.25) is 0 Å². The molecule has 1 aromatic heterocycles. The molecule has 2 atom stereocenters. The lowest BCUT2D eigenvalue weighted by Gasteiger charge is -2.33. The predicted octanol–water partition coefficient (Wildman–Crippen LogP) is 2.66. The summed E-state index contributed by atoms with van der Waals surface area (Å²) in [5.41, 5.74) is 4.07. The van der Waals surface area contributed by atoms with E-state index in [1.54, 1.807) is 6.20 Å². The molecule has 3 N–H and O–H groups in total. The molecule has 19 heavy (non-hydrogen) atoms. The fourth-order valence-electron chi connectivity index (χ4n) is 2.55. The molecule has 1 aliphatic rings. The van der Waals surface area contributed by atoms with E-state index >= 15 is 0 Å². The van der Waals surface area contributed by atoms with E-state index in [-0.39, 0.29) is 10.8 Å². The Kier molecular flexibility index (Phi) is 5.07. The summed E-state index contributed by atoms with van der Waals surface area (Å²) in [6.07, 6.45) is 7.06. The molecule has 2 rings (SSSR count). The first-order valence-electron chi connectivity index (χ1n) is 6.87. The van der Waals surface area contributed by atoms with Gasteiger partial charge in [-0.15, -0.1) is 0 Å². The lowest BCUT2D eigenvalue weighted by molar-refractivity contribution is 0.314. The van der Waals surface area contributed by atoms with E-state index < -0.39 is 0 Å². The molecule has 5 heteroatoms. The quantitative estimate of drug-likeness (QED) is 0.620. The summed E-state index contributed by atoms with van der Waals surface area (Å²) >= 11 is 1.98. The summed E-state index contributed by atoms with van der Waals surface area (Å²) in [7, 11) is 0. The van der Waals surface area contributed by atoms with Crippen molar-refractivity contribution in [2.24, 2.45) is 5.84 Å². The van der Waals surface area contributed by atoms with Gasteiger partial charge in [0.25, 0.3) is 0 Å². The number of nitrogens with one attached hydrogen (secondary N) is 1. The molecule has 0 radical (unpaired) electrons. The monoisotopic (exact) mass is 281 g/mol. The minimum absolute atomic E-state index is 0.109. The molecule has 106 valence electrons. The smallest absolute Gasteiger partial charge is 0.137 e. The van der Waals surface area contributed by atoms with Gasteiger partial charge in [-0.1, -0.05) is 6.92 Å². The Labute approximate surface area is 119 Å². The van der Waals surface area contributed by atoms with Gasteiger partial charge in [-0.3, -0.25) is 16.3 Å². The normalized spacial score (nSPS) is 24.4. The first-order chi connectivity index (χ1) is 9.19. The number of nitrogens with two attached hydrogens (primary N) is 1. The van der Waals surface area contributed by atoms with Gasteiger partial charge in [-0.05, 0) is 43.6 Å². The number of aromatic nitrogens is 1. The molecule has 0 aromatic carbocycles. The van der Waals surface area contributed by atoms with Crippen molar-refractivity contribution >= 4 is 11.8 Å². The van der Waals surface area contributed by atoms with E-state index in [4.69, 9.17) is 10.6 Å². The molecule has 2 unspecified atom stereocenters. The highest BCUT2D eigenvalue weighted by atomic mass is 32.2. The Hall–Kier alpha value is -0.780. The van der Waals surface area contributed by atoms with E-state index in [0.29, 0.717) is 0 Å². The largest absolute Gasteiger partial charge is 0.492 e. The van der Waals surface area contributed by atoms with Crippen LogP contribution in [0, 0.1) is 0 Å². The van der Waals surface area contributed by atoms with E-state index in [0.717, 1.165) is 24.3 Å². The molecular formula is C14H23N3OS. The number of rotatable bonds is 6. The van der Waals surface area contributed by atoms with Crippen LogP contribution in [0.3, 0.4) is 0 Å². The number of hydrogen-bond donors (Lipinski definition) is 2. The number of thioether (sulfide) groups is 1. The topological polar surface area (TPSA) is 60.2 Å². The van der Waals surface area contributed by atoms with Crippen LogP contribution in [-0.4, -0.2) is 22.1 Å². The average molecular weight is 281 g/mol. The van der Waals surface area contributed by atoms with Crippen molar-refractivity contribution in [3.63, 3.8) is 0 Å². The van der Waals surface area contributed by atoms with Crippen molar-refractivity contribution < 1.29 is 4.74 Å². The first kappa shape index (κ1) is 14.6. The molecule has 4 nitrogen and oxygen atoms in total. The standard InChI is InChI=1S/C14H23N3OS/c1-3-6-18-12-8-11(9-16-10-12)13(17-15)14(2)5-4-7-19-14/h8-10,13,17H,3-7,15H2,1-2H3. The van der Waals surface area contributed by atoms with Crippen molar-refractivity contribution in [2.75, 3.05) is 12.4 Å². The highest BCUT2D eigenvalue weighted by molar-refractivity contribution is 8.00. The summed E-state index contributed by atoms with van der Waals surface area (Å²) in [5.74, 6) is 7.82. The van der Waals surface area contributed by atoms with E-state index in [9.17, 15) is 0 Å². The van der Waals surface area contributed by atoms with Crippen molar-refractivity contribution in [3.8, 4) is 5.75 Å². The van der Waals surface area contributed by atoms with Crippen LogP contribution in [0.4, 0.5) is 0 Å². The third-order valence-corrected chi connectivity index (χ3v) is 5.16. The molecule has 0 aliphatic carbocycles. The predicted molar refractivity (Wildman–Crippen MR) is 80.2 cm³/mol. The van der Waals surface area contributed by atoms with Crippen molar-refractivity contribution in [1.82, 2.24) is 10.4 Å². The second-order valence-electron chi connectivity index (χ2n) is 5.17. The van der Waals surface area contributed by atoms with Gasteiger partial charge < -0.3 is 4.74 Å². The zero-order chi connectivity index (χ0) is 13.7. The number of hydrogen-bond acceptors (Lipinski definition) is 5. The van der Waals surface area contributed by atoms with Gasteiger partial charge in [0, 0.05) is 10.9 Å². The van der Waals surface area contributed by atoms with Crippen molar-refractivity contribution in [2.45, 2.75) is 43.9 Å². The van der Waals surface area contributed by atoms with E-state index in [1.807, 2.05) is 18.0 Å². The van der Waals surface area contributed by atoms with Crippen LogP contribution < -0.4 is 16.0 Å². The first-order valence-corrected chi connectivity index (χ1v) is 7.86. The number of pyridine rings is 1. The summed E-state index contributed by atoms with van der Waals surface area (Å²) < 4.78 is 5.79. The zero-order valence-corrected chi connectivity index (χ0v) is 12.5. The maximum absolute atomic E-state index is 5.79. The van der Waals surface area contributed by atoms with E-state index in [2.05, 4.69) is 30.3 Å². The van der Waals surface area contributed by atoms with Gasteiger partial charge in [0.05, 0.1) is 18.8 Å². The van der Waals surface area contributed by atoms with Crippen LogP contribution in [0.5, 0.6) is 5.75 Å². The minimum atomic E-state index is 0.109. The highest BCUT2D eigenvalue weighted by Crippen LogP contribution is 2.46. The van der Waals surface area contributed by atoms with Gasteiger partial charge in [0.1, 0.15) is 5.75 Å². The Balaban J connectivity index is 2.18. The van der Waals surface area contributed by atoms with Crippen LogP contribution in [0.15, 0.2) is 18.5 Å². The second kappa shape index (κ2) is 6.59. The minimum Gasteiger partial charge on any atom is -0.492 e. The maximum Gasteiger partial charge on any atom is 0.137 e. The second-order valence-corrected chi connectivity index (χ2v) is 6.80. The summed E-state index contributed by atoms with van der Waals surface area (Å²) in [5, 5.41) is 0. The molecule has 1 fully saturated rings. The third-order valence-electron chi connectivity index (χ3n) is 3.57. The third kappa shape index (κ3) is 3.41. The van der Waals surface area contributed by atoms with Crippen molar-refractivity contribution in [1.29, 1.82) is 0 Å². The van der Waals surface area contributed by atoms with E-state index in [1.165, 1.54) is 18.6 Å². The lowest BCUT2D eigenvalue weighted by atomic mass is 9.91. The molecule has 0 spiro atoms. The Morgan fingerprint density at radius 3 is 3.05 bits per heavy atom. The van der Waals surface area contributed by atoms with Crippen LogP contribution in [-0.2, 0) is 0 Å². The molecule has 0 bridgehead atoms. The lowest BCUT2D eigenvalue weighted by Crippen LogP contribution is -2.41. The Morgan fingerprint density at radius 2 is 2.42 bits per heavy atom. The summed E-state index contributed by atoms with van der Waals surface area (Å²) in [4.78, 5) is 4.28. The maximum atomic E-state index is 5.79. The highest BCUT2D eigenvalue weighted by Gasteiger charge is 2.38. The number of nitrogens with zero attached hydrogens (tertiary/aromatic N) is 1. The molecule has 2 heterocycles. The summed E-state index contributed by atoms with van der Waals surface area (Å²) in [6.45, 7) is 5.09. The zero-order valence-electron chi connectivity index (χ0n) is 11.7. The fourth-order valence-corrected chi connectivity index (χ4v) is 3.96. The van der Waals surface area contributed by atoms with Gasteiger partial charge in [0.15, 0.2) is 0 Å². The number of ether oxygens (including phenoxy) is 1. The average Bonchev–Trinajstić information content (AvgIpc) is 2.85. The summed E-state index contributed by atoms with van der Waals surface area (Å²) in [6, 6.07) is 2.16. The van der Waals surface area contributed by atoms with Crippen LogP contribution >= 0.6 is 11.8 Å². The van der Waals surface area contributed by atoms with Crippen LogP contribution in [0.2, 0.25) is 0 Å². The molecule has 1 aliphatic heterocycles. The Bertz CT molecular complexity index is 407.